The molecular formula is C17H30N2O. The molecule has 1 atom stereocenters. The van der Waals surface area contributed by atoms with Crippen LogP contribution in [0.5, 0.6) is 0 Å². The summed E-state index contributed by atoms with van der Waals surface area (Å²) in [5.74, 6) is 0. The molecule has 0 heterocycles. The normalized spacial score (nSPS) is 13.7. The Hall–Kier alpha value is -0.900. The van der Waals surface area contributed by atoms with E-state index in [1.165, 1.54) is 5.56 Å². The third kappa shape index (κ3) is 5.23. The Morgan fingerprint density at radius 1 is 1.25 bits per heavy atom. The summed E-state index contributed by atoms with van der Waals surface area (Å²) in [7, 11) is 2.08. The molecule has 1 unspecified atom stereocenters. The van der Waals surface area contributed by atoms with Gasteiger partial charge in [0, 0.05) is 18.1 Å². The number of hydrogen-bond acceptors (Lipinski definition) is 3. The Bertz CT molecular complexity index is 365. The molecule has 1 aromatic carbocycles. The van der Waals surface area contributed by atoms with E-state index in [0.29, 0.717) is 6.04 Å². The molecule has 0 amide bonds. The molecule has 0 aliphatic carbocycles. The van der Waals surface area contributed by atoms with Crippen LogP contribution >= 0.6 is 0 Å². The average Bonchev–Trinajstić information content (AvgIpc) is 2.48. The largest absolute Gasteiger partial charge is 0.394 e. The number of rotatable bonds is 9. The average molecular weight is 278 g/mol. The fourth-order valence-corrected chi connectivity index (χ4v) is 2.14. The Morgan fingerprint density at radius 3 is 2.45 bits per heavy atom. The third-order valence-electron chi connectivity index (χ3n) is 4.02. The van der Waals surface area contributed by atoms with Crippen molar-refractivity contribution in [2.75, 3.05) is 26.7 Å². The number of aliphatic hydroxyl groups excluding tert-OH is 1. The predicted molar refractivity (Wildman–Crippen MR) is 85.9 cm³/mol. The fourth-order valence-electron chi connectivity index (χ4n) is 2.14. The smallest absolute Gasteiger partial charge is 0.0609 e. The molecule has 114 valence electrons. The maximum Gasteiger partial charge on any atom is 0.0609 e. The van der Waals surface area contributed by atoms with E-state index in [9.17, 15) is 5.11 Å². The summed E-state index contributed by atoms with van der Waals surface area (Å²) in [6.45, 7) is 8.52. The number of benzene rings is 1. The molecule has 0 fully saturated rings. The molecule has 0 saturated carbocycles. The summed E-state index contributed by atoms with van der Waals surface area (Å²) >= 11 is 0. The molecule has 3 heteroatoms. The first-order chi connectivity index (χ1) is 9.51. The first-order valence-corrected chi connectivity index (χ1v) is 7.61. The zero-order valence-electron chi connectivity index (χ0n) is 13.4. The summed E-state index contributed by atoms with van der Waals surface area (Å²) in [6, 6.07) is 11.0. The van der Waals surface area contributed by atoms with Crippen LogP contribution in [0.4, 0.5) is 0 Å². The van der Waals surface area contributed by atoms with Crippen molar-refractivity contribution in [2.45, 2.75) is 45.2 Å². The molecule has 0 aliphatic heterocycles. The molecule has 0 spiro atoms. The first-order valence-electron chi connectivity index (χ1n) is 7.61. The highest BCUT2D eigenvalue weighted by atomic mass is 16.3. The number of nitrogens with one attached hydrogen (secondary N) is 1. The van der Waals surface area contributed by atoms with E-state index in [1.807, 2.05) is 0 Å². The van der Waals surface area contributed by atoms with Crippen LogP contribution in [0.2, 0.25) is 0 Å². The molecule has 0 aromatic heterocycles. The fraction of sp³-hybridized carbons (Fsp3) is 0.647. The Labute approximate surface area is 124 Å². The van der Waals surface area contributed by atoms with Gasteiger partial charge < -0.3 is 10.4 Å². The highest BCUT2D eigenvalue weighted by molar-refractivity contribution is 5.18. The second-order valence-electron chi connectivity index (χ2n) is 6.10. The maximum atomic E-state index is 9.43. The van der Waals surface area contributed by atoms with Crippen LogP contribution in [0.15, 0.2) is 30.3 Å². The van der Waals surface area contributed by atoms with Gasteiger partial charge in [0.15, 0.2) is 0 Å². The lowest BCUT2D eigenvalue weighted by Gasteiger charge is -2.35. The van der Waals surface area contributed by atoms with Gasteiger partial charge in [0.2, 0.25) is 0 Å². The van der Waals surface area contributed by atoms with Gasteiger partial charge in [0.1, 0.15) is 0 Å². The van der Waals surface area contributed by atoms with Crippen molar-refractivity contribution < 1.29 is 5.11 Å². The van der Waals surface area contributed by atoms with Crippen LogP contribution in [0, 0.1) is 0 Å². The highest BCUT2D eigenvalue weighted by Gasteiger charge is 2.23. The molecule has 1 aromatic rings. The Morgan fingerprint density at radius 2 is 1.90 bits per heavy atom. The summed E-state index contributed by atoms with van der Waals surface area (Å²) in [4.78, 5) is 2.23. The van der Waals surface area contributed by atoms with Crippen LogP contribution in [0.3, 0.4) is 0 Å². The summed E-state index contributed by atoms with van der Waals surface area (Å²) in [6.07, 6.45) is 2.19. The van der Waals surface area contributed by atoms with Gasteiger partial charge in [0.05, 0.1) is 6.61 Å². The minimum Gasteiger partial charge on any atom is -0.394 e. The number of hydrogen-bond donors (Lipinski definition) is 2. The molecule has 0 bridgehead atoms. The lowest BCUT2D eigenvalue weighted by Crippen LogP contribution is -2.45. The topological polar surface area (TPSA) is 35.5 Å². The van der Waals surface area contributed by atoms with Crippen LogP contribution < -0.4 is 5.32 Å². The number of aliphatic hydroxyl groups is 1. The van der Waals surface area contributed by atoms with Crippen LogP contribution in [-0.2, 0) is 0 Å². The second-order valence-corrected chi connectivity index (χ2v) is 6.10. The molecule has 20 heavy (non-hydrogen) atoms. The first kappa shape index (κ1) is 17.2. The van der Waals surface area contributed by atoms with Crippen molar-refractivity contribution in [3.63, 3.8) is 0 Å². The molecule has 2 N–H and O–H groups in total. The van der Waals surface area contributed by atoms with Gasteiger partial charge in [-0.15, -0.1) is 0 Å². The van der Waals surface area contributed by atoms with E-state index in [0.717, 1.165) is 25.9 Å². The van der Waals surface area contributed by atoms with Crippen LogP contribution in [0.25, 0.3) is 0 Å². The summed E-state index contributed by atoms with van der Waals surface area (Å²) in [5.41, 5.74) is 1.18. The molecule has 1 rings (SSSR count). The van der Waals surface area contributed by atoms with Crippen LogP contribution in [-0.4, -0.2) is 42.3 Å². The van der Waals surface area contributed by atoms with Crippen molar-refractivity contribution in [1.82, 2.24) is 10.2 Å². The van der Waals surface area contributed by atoms with Crippen molar-refractivity contribution in [3.8, 4) is 0 Å². The van der Waals surface area contributed by atoms with E-state index >= 15 is 0 Å². The van der Waals surface area contributed by atoms with Gasteiger partial charge >= 0.3 is 0 Å². The monoisotopic (exact) mass is 278 g/mol. The number of nitrogens with zero attached hydrogens (tertiary/aromatic N) is 1. The molecule has 0 radical (unpaired) electrons. The molecule has 3 nitrogen and oxygen atoms in total. The lowest BCUT2D eigenvalue weighted by atomic mass is 10.0. The quantitative estimate of drug-likeness (QED) is 0.729. The van der Waals surface area contributed by atoms with Crippen molar-refractivity contribution in [3.05, 3.63) is 35.9 Å². The van der Waals surface area contributed by atoms with Crippen molar-refractivity contribution in [1.29, 1.82) is 0 Å². The zero-order chi connectivity index (χ0) is 15.0. The minimum atomic E-state index is -0.161. The second kappa shape index (κ2) is 8.40. The van der Waals surface area contributed by atoms with E-state index in [4.69, 9.17) is 0 Å². The molecular weight excluding hydrogens is 248 g/mol. The van der Waals surface area contributed by atoms with Crippen molar-refractivity contribution >= 4 is 0 Å². The standard InChI is InChI=1S/C17H30N2O/c1-5-12-18-16(15-9-7-6-8-10-15)11-13-19(4)17(2,3)14-20/h6-10,16,18,20H,5,11-14H2,1-4H3. The molecule has 0 aliphatic rings. The van der Waals surface area contributed by atoms with E-state index < -0.39 is 0 Å². The molecule has 0 saturated heterocycles. The Kier molecular flexibility index (Phi) is 7.20. The van der Waals surface area contributed by atoms with Gasteiger partial charge in [-0.2, -0.15) is 0 Å². The highest BCUT2D eigenvalue weighted by Crippen LogP contribution is 2.19. The van der Waals surface area contributed by atoms with E-state index in [2.05, 4.69) is 68.4 Å². The van der Waals surface area contributed by atoms with Crippen molar-refractivity contribution in [2.24, 2.45) is 0 Å². The predicted octanol–water partition coefficient (Wildman–Crippen LogP) is 2.82. The zero-order valence-corrected chi connectivity index (χ0v) is 13.4. The number of likely N-dealkylation sites (N-methyl/N-ethyl adjacent to an activating group) is 1. The maximum absolute atomic E-state index is 9.43. The van der Waals surface area contributed by atoms with Gasteiger partial charge in [-0.25, -0.2) is 0 Å². The SMILES string of the molecule is CCCNC(CCN(C)C(C)(C)CO)c1ccccc1. The van der Waals surface area contributed by atoms with Crippen LogP contribution in [0.1, 0.15) is 45.2 Å². The van der Waals surface area contributed by atoms with Gasteiger partial charge in [-0.3, -0.25) is 4.90 Å². The van der Waals surface area contributed by atoms with E-state index in [-0.39, 0.29) is 12.1 Å². The minimum absolute atomic E-state index is 0.161. The lowest BCUT2D eigenvalue weighted by molar-refractivity contribution is 0.0758. The summed E-state index contributed by atoms with van der Waals surface area (Å²) < 4.78 is 0. The van der Waals surface area contributed by atoms with E-state index in [1.54, 1.807) is 0 Å². The summed E-state index contributed by atoms with van der Waals surface area (Å²) in [5, 5.41) is 13.1. The Balaban J connectivity index is 2.62. The third-order valence-corrected chi connectivity index (χ3v) is 4.02. The van der Waals surface area contributed by atoms with Gasteiger partial charge in [0.25, 0.3) is 0 Å². The van der Waals surface area contributed by atoms with Gasteiger partial charge in [-0.1, -0.05) is 37.3 Å². The van der Waals surface area contributed by atoms with Gasteiger partial charge in [-0.05, 0) is 45.8 Å².